The number of fused-ring (bicyclic) bond motifs is 1. The molecule has 3 aliphatic heterocycles. The first kappa shape index (κ1) is 36.0. The maximum absolute atomic E-state index is 12.3. The fraction of sp³-hybridized carbons (Fsp3) is 0.733. The Bertz CT molecular complexity index is 970. The molecule has 0 spiro atoms. The number of thioether (sulfide) groups is 2. The van der Waals surface area contributed by atoms with Crippen molar-refractivity contribution >= 4 is 67.8 Å². The Morgan fingerprint density at radius 1 is 0.905 bits per heavy atom. The Labute approximate surface area is 276 Å². The summed E-state index contributed by atoms with van der Waals surface area (Å²) in [5.41, 5.74) is 1.17. The number of benzene rings is 1. The highest BCUT2D eigenvalue weighted by Gasteiger charge is 2.30. The molecule has 6 unspecified atom stereocenters. The minimum absolute atomic E-state index is 0.191. The summed E-state index contributed by atoms with van der Waals surface area (Å²) < 4.78 is 25.0. The van der Waals surface area contributed by atoms with E-state index in [2.05, 4.69) is 62.0 Å². The minimum Gasteiger partial charge on any atom is -0.616 e. The van der Waals surface area contributed by atoms with Gasteiger partial charge in [-0.15, -0.1) is 0 Å². The lowest BCUT2D eigenvalue weighted by molar-refractivity contribution is 0.174. The highest BCUT2D eigenvalue weighted by molar-refractivity contribution is 8.23. The smallest absolute Gasteiger partial charge is 0.231 e. The average Bonchev–Trinajstić information content (AvgIpc) is 3.39. The first-order valence-electron chi connectivity index (χ1n) is 15.3. The molecule has 42 heavy (non-hydrogen) atoms. The van der Waals surface area contributed by atoms with Crippen molar-refractivity contribution in [3.63, 3.8) is 0 Å². The van der Waals surface area contributed by atoms with Crippen LogP contribution in [-0.2, 0) is 17.6 Å². The molecule has 1 aromatic rings. The normalized spacial score (nSPS) is 25.2. The molecule has 0 aromatic heterocycles. The van der Waals surface area contributed by atoms with Gasteiger partial charge < -0.3 is 23.8 Å². The number of hydrogen-bond acceptors (Lipinski definition) is 9. The van der Waals surface area contributed by atoms with Gasteiger partial charge in [-0.3, -0.25) is 10.6 Å². The molecule has 0 radical (unpaired) electrons. The van der Waals surface area contributed by atoms with Crippen molar-refractivity contribution in [3.05, 3.63) is 23.8 Å². The van der Waals surface area contributed by atoms with Crippen LogP contribution in [0.25, 0.3) is 0 Å². The third kappa shape index (κ3) is 11.5. The average molecular weight is 675 g/mol. The van der Waals surface area contributed by atoms with Crippen molar-refractivity contribution in [2.45, 2.75) is 115 Å². The molecule has 0 saturated carbocycles. The number of nitrogens with one attached hydrogen (secondary N) is 2. The van der Waals surface area contributed by atoms with Gasteiger partial charge in [0.15, 0.2) is 11.5 Å². The summed E-state index contributed by atoms with van der Waals surface area (Å²) in [5, 5.41) is 7.98. The Kier molecular flexibility index (Phi) is 15.8. The lowest BCUT2D eigenvalue weighted by Crippen LogP contribution is -2.58. The zero-order valence-electron chi connectivity index (χ0n) is 26.1. The van der Waals surface area contributed by atoms with Gasteiger partial charge in [-0.25, -0.2) is 0 Å². The molecule has 4 rings (SSSR count). The van der Waals surface area contributed by atoms with E-state index >= 15 is 0 Å². The molecular formula is C30H50N4O3S5. The van der Waals surface area contributed by atoms with Gasteiger partial charge in [0.1, 0.15) is 19.6 Å². The van der Waals surface area contributed by atoms with Gasteiger partial charge in [0.2, 0.25) is 6.79 Å². The highest BCUT2D eigenvalue weighted by atomic mass is 32.2. The van der Waals surface area contributed by atoms with Gasteiger partial charge in [-0.1, -0.05) is 97.8 Å². The molecule has 3 heterocycles. The van der Waals surface area contributed by atoms with Crippen LogP contribution in [0.15, 0.2) is 18.2 Å². The third-order valence-electron chi connectivity index (χ3n) is 7.60. The molecule has 1 aromatic carbocycles. The third-order valence-corrected chi connectivity index (χ3v) is 12.3. The fourth-order valence-corrected chi connectivity index (χ4v) is 9.72. The summed E-state index contributed by atoms with van der Waals surface area (Å²) in [5.74, 6) is 2.45. The van der Waals surface area contributed by atoms with E-state index < -0.39 is 11.2 Å². The second-order valence-electron chi connectivity index (χ2n) is 11.2. The first-order chi connectivity index (χ1) is 20.1. The molecule has 3 aliphatic rings. The molecule has 7 nitrogen and oxygen atoms in total. The molecule has 0 amide bonds. The Morgan fingerprint density at radius 2 is 1.45 bits per heavy atom. The van der Waals surface area contributed by atoms with Crippen LogP contribution >= 0.6 is 48.0 Å². The molecule has 2 saturated heterocycles. The number of nitrogens with zero attached hydrogens (tertiary/aromatic N) is 2. The van der Waals surface area contributed by atoms with Crippen LogP contribution < -0.4 is 20.1 Å². The number of hydrogen-bond donors (Lipinski definition) is 2. The van der Waals surface area contributed by atoms with Crippen molar-refractivity contribution < 1.29 is 14.0 Å². The molecular weight excluding hydrogens is 625 g/mol. The maximum atomic E-state index is 12.3. The van der Waals surface area contributed by atoms with E-state index in [0.717, 1.165) is 51.8 Å². The maximum Gasteiger partial charge on any atom is 0.231 e. The van der Waals surface area contributed by atoms with E-state index in [1.807, 2.05) is 18.2 Å². The monoisotopic (exact) mass is 674 g/mol. The Balaban J connectivity index is 0.000000231. The van der Waals surface area contributed by atoms with Gasteiger partial charge in [0, 0.05) is 19.5 Å². The molecule has 2 fully saturated rings. The lowest BCUT2D eigenvalue weighted by atomic mass is 10.1. The van der Waals surface area contributed by atoms with Crippen LogP contribution in [0.2, 0.25) is 0 Å². The second kappa shape index (κ2) is 18.5. The number of unbranched alkanes of at least 4 members (excludes halogenated alkanes) is 5. The van der Waals surface area contributed by atoms with E-state index in [0.29, 0.717) is 17.5 Å². The van der Waals surface area contributed by atoms with Crippen molar-refractivity contribution in [1.82, 2.24) is 20.4 Å². The van der Waals surface area contributed by atoms with E-state index in [9.17, 15) is 4.55 Å². The van der Waals surface area contributed by atoms with E-state index in [1.54, 1.807) is 23.5 Å². The van der Waals surface area contributed by atoms with Gasteiger partial charge in [-0.05, 0) is 65.2 Å². The number of ether oxygens (including phenoxy) is 2. The van der Waals surface area contributed by atoms with Crippen LogP contribution in [-0.4, -0.2) is 77.0 Å². The summed E-state index contributed by atoms with van der Waals surface area (Å²) in [7, 11) is 0. The van der Waals surface area contributed by atoms with Gasteiger partial charge in [-0.2, -0.15) is 0 Å². The van der Waals surface area contributed by atoms with Crippen LogP contribution in [0.5, 0.6) is 11.5 Å². The van der Waals surface area contributed by atoms with Crippen LogP contribution in [0, 0.1) is 0 Å². The fourth-order valence-electron chi connectivity index (χ4n) is 5.19. The topological polar surface area (TPSA) is 72.1 Å². The SMILES string of the molecule is CC1NC(C)N(CCN2C(=S)SC(C)NC2C)C(=S)S1.CCCCCCCC[S+]([O-])C(C)Cc1ccc2c(c1)OCO2. The van der Waals surface area contributed by atoms with E-state index in [1.165, 1.54) is 37.7 Å². The summed E-state index contributed by atoms with van der Waals surface area (Å²) in [6.07, 6.45) is 8.89. The number of thiocarbonyl (C=S) groups is 2. The summed E-state index contributed by atoms with van der Waals surface area (Å²) in [6, 6.07) is 6.01. The molecule has 2 N–H and O–H groups in total. The molecule has 0 bridgehead atoms. The van der Waals surface area contributed by atoms with Crippen molar-refractivity contribution in [3.8, 4) is 11.5 Å². The molecule has 6 atom stereocenters. The van der Waals surface area contributed by atoms with Crippen molar-refractivity contribution in [1.29, 1.82) is 0 Å². The first-order valence-corrected chi connectivity index (χ1v) is 19.3. The molecule has 12 heteroatoms. The zero-order valence-corrected chi connectivity index (χ0v) is 30.1. The zero-order chi connectivity index (χ0) is 30.6. The highest BCUT2D eigenvalue weighted by Crippen LogP contribution is 2.33. The molecule has 0 aliphatic carbocycles. The Hall–Kier alpha value is -0.470. The standard InChI is InChI=1S/C18H28O3S.C12H22N4S4/c1-3-4-5-6-7-8-11-22(19)15(2)12-16-9-10-17-18(13-16)21-14-20-17;1-7-13-9(3)19-11(17)15(7)5-6-16-8(2)14-10(4)20-12(16)18/h9-10,13,15H,3-8,11-12,14H2,1-2H3;7-10,13-14H,5-6H2,1-4H3. The van der Waals surface area contributed by atoms with E-state index in [-0.39, 0.29) is 17.6 Å². The van der Waals surface area contributed by atoms with E-state index in [4.69, 9.17) is 33.9 Å². The predicted octanol–water partition coefficient (Wildman–Crippen LogP) is 6.67. The minimum atomic E-state index is -0.743. The summed E-state index contributed by atoms with van der Waals surface area (Å²) in [6.45, 7) is 15.0. The van der Waals surface area contributed by atoms with Gasteiger partial charge in [0.05, 0.1) is 23.1 Å². The quantitative estimate of drug-likeness (QED) is 0.134. The summed E-state index contributed by atoms with van der Waals surface area (Å²) in [4.78, 5) is 4.50. The van der Waals surface area contributed by atoms with Crippen molar-refractivity contribution in [2.75, 3.05) is 25.6 Å². The van der Waals surface area contributed by atoms with Crippen molar-refractivity contribution in [2.24, 2.45) is 0 Å². The lowest BCUT2D eigenvalue weighted by Gasteiger charge is -2.43. The van der Waals surface area contributed by atoms with Crippen LogP contribution in [0.1, 0.15) is 85.6 Å². The van der Waals surface area contributed by atoms with Gasteiger partial charge in [0.25, 0.3) is 0 Å². The predicted molar refractivity (Wildman–Crippen MR) is 190 cm³/mol. The Morgan fingerprint density at radius 3 is 2.02 bits per heavy atom. The number of rotatable bonds is 13. The van der Waals surface area contributed by atoms with Crippen LogP contribution in [0.4, 0.5) is 0 Å². The van der Waals surface area contributed by atoms with Crippen LogP contribution in [0.3, 0.4) is 0 Å². The summed E-state index contributed by atoms with van der Waals surface area (Å²) >= 11 is 13.7. The van der Waals surface area contributed by atoms with Gasteiger partial charge >= 0.3 is 0 Å². The largest absolute Gasteiger partial charge is 0.616 e. The second-order valence-corrected chi connectivity index (χ2v) is 17.1. The molecule has 238 valence electrons.